The molecule has 1 heterocycles. The molecule has 0 saturated carbocycles. The summed E-state index contributed by atoms with van der Waals surface area (Å²) in [6.07, 6.45) is 2.15. The minimum Gasteiger partial charge on any atom is -0.493 e. The Morgan fingerprint density at radius 3 is 2.50 bits per heavy atom. The zero-order chi connectivity index (χ0) is 19.1. The van der Waals surface area contributed by atoms with E-state index in [0.717, 1.165) is 30.6 Å². The van der Waals surface area contributed by atoms with E-state index in [-0.39, 0.29) is 5.56 Å². The molecule has 0 spiro atoms. The van der Waals surface area contributed by atoms with Gasteiger partial charge in [-0.25, -0.2) is 9.36 Å². The Morgan fingerprint density at radius 1 is 1.23 bits per heavy atom. The average Bonchev–Trinajstić information content (AvgIpc) is 2.62. The van der Waals surface area contributed by atoms with E-state index in [4.69, 9.17) is 11.6 Å². The number of halogens is 1. The van der Waals surface area contributed by atoms with Crippen LogP contribution in [-0.2, 0) is 0 Å². The number of aliphatic imine (C=N–C) groups is 1. The third-order valence-electron chi connectivity index (χ3n) is 4.08. The van der Waals surface area contributed by atoms with Crippen molar-refractivity contribution < 1.29 is 5.11 Å². The van der Waals surface area contributed by atoms with Gasteiger partial charge >= 0.3 is 5.69 Å². The van der Waals surface area contributed by atoms with Crippen LogP contribution in [-0.4, -0.2) is 52.0 Å². The Kier molecular flexibility index (Phi) is 7.17. The molecule has 8 heteroatoms. The summed E-state index contributed by atoms with van der Waals surface area (Å²) in [6.45, 7) is 7.60. The van der Waals surface area contributed by atoms with E-state index in [0.29, 0.717) is 17.3 Å². The smallest absolute Gasteiger partial charge is 0.335 e. The van der Waals surface area contributed by atoms with Gasteiger partial charge in [-0.05, 0) is 50.3 Å². The topological polar surface area (TPSA) is 90.7 Å². The first kappa shape index (κ1) is 19.9. The second-order valence-electron chi connectivity index (χ2n) is 5.72. The first-order chi connectivity index (χ1) is 12.5. The van der Waals surface area contributed by atoms with E-state index in [1.54, 1.807) is 24.3 Å². The molecule has 140 valence electrons. The number of hydrogen-bond donors (Lipinski definition) is 2. The van der Waals surface area contributed by atoms with Crippen LogP contribution < -0.4 is 11.2 Å². The van der Waals surface area contributed by atoms with Crippen molar-refractivity contribution in [2.75, 3.05) is 26.2 Å². The van der Waals surface area contributed by atoms with Crippen molar-refractivity contribution in [3.05, 3.63) is 55.7 Å². The standard InChI is InChI=1S/C18H23ClN4O3/c1-3-22(4-2)11-5-10-20-12-15-16(24)21-18(26)23(17(15)25)14-8-6-13(19)7-9-14/h6-9,12,25H,3-5,10-11H2,1-2H3,(H,21,24,26). The molecule has 0 bridgehead atoms. The summed E-state index contributed by atoms with van der Waals surface area (Å²) in [5, 5.41) is 10.9. The summed E-state index contributed by atoms with van der Waals surface area (Å²) in [4.78, 5) is 32.8. The zero-order valence-corrected chi connectivity index (χ0v) is 15.7. The van der Waals surface area contributed by atoms with Crippen LogP contribution in [0, 0.1) is 0 Å². The Labute approximate surface area is 156 Å². The number of nitrogens with zero attached hydrogens (tertiary/aromatic N) is 3. The van der Waals surface area contributed by atoms with Crippen molar-refractivity contribution in [3.63, 3.8) is 0 Å². The summed E-state index contributed by atoms with van der Waals surface area (Å²) in [7, 11) is 0. The van der Waals surface area contributed by atoms with Gasteiger partial charge in [0.1, 0.15) is 5.56 Å². The molecule has 7 nitrogen and oxygen atoms in total. The van der Waals surface area contributed by atoms with Crippen molar-refractivity contribution in [2.24, 2.45) is 4.99 Å². The fourth-order valence-electron chi connectivity index (χ4n) is 2.57. The monoisotopic (exact) mass is 378 g/mol. The Hall–Kier alpha value is -2.38. The normalized spacial score (nSPS) is 11.5. The quantitative estimate of drug-likeness (QED) is 0.543. The SMILES string of the molecule is CCN(CC)CCCN=Cc1c(O)n(-c2ccc(Cl)cc2)c(=O)[nH]c1=O. The highest BCUT2D eigenvalue weighted by Gasteiger charge is 2.14. The molecule has 0 aliphatic heterocycles. The summed E-state index contributed by atoms with van der Waals surface area (Å²) in [5.41, 5.74) is -1.06. The molecule has 0 unspecified atom stereocenters. The van der Waals surface area contributed by atoms with Crippen LogP contribution in [0.15, 0.2) is 38.8 Å². The molecule has 1 aromatic carbocycles. The molecular weight excluding hydrogens is 356 g/mol. The van der Waals surface area contributed by atoms with Crippen LogP contribution in [0.25, 0.3) is 5.69 Å². The third-order valence-corrected chi connectivity index (χ3v) is 4.33. The minimum atomic E-state index is -0.728. The van der Waals surface area contributed by atoms with Gasteiger partial charge in [0.05, 0.1) is 5.69 Å². The van der Waals surface area contributed by atoms with Crippen molar-refractivity contribution in [2.45, 2.75) is 20.3 Å². The number of nitrogens with one attached hydrogen (secondary N) is 1. The fourth-order valence-corrected chi connectivity index (χ4v) is 2.69. The first-order valence-corrected chi connectivity index (χ1v) is 8.92. The van der Waals surface area contributed by atoms with Gasteiger partial charge in [0.25, 0.3) is 5.56 Å². The first-order valence-electron chi connectivity index (χ1n) is 8.54. The maximum Gasteiger partial charge on any atom is 0.335 e. The second kappa shape index (κ2) is 9.35. The van der Waals surface area contributed by atoms with Gasteiger partial charge in [0.2, 0.25) is 5.88 Å². The summed E-state index contributed by atoms with van der Waals surface area (Å²) < 4.78 is 1.01. The van der Waals surface area contributed by atoms with Crippen LogP contribution >= 0.6 is 11.6 Å². The number of aromatic nitrogens is 2. The van der Waals surface area contributed by atoms with E-state index < -0.39 is 17.1 Å². The highest BCUT2D eigenvalue weighted by Crippen LogP contribution is 2.17. The molecule has 26 heavy (non-hydrogen) atoms. The van der Waals surface area contributed by atoms with Crippen LogP contribution in [0.5, 0.6) is 5.88 Å². The molecular formula is C18H23ClN4O3. The lowest BCUT2D eigenvalue weighted by Crippen LogP contribution is -2.31. The Morgan fingerprint density at radius 2 is 1.88 bits per heavy atom. The van der Waals surface area contributed by atoms with Gasteiger partial charge < -0.3 is 10.0 Å². The van der Waals surface area contributed by atoms with Crippen molar-refractivity contribution >= 4 is 17.8 Å². The largest absolute Gasteiger partial charge is 0.493 e. The van der Waals surface area contributed by atoms with Gasteiger partial charge in [0, 0.05) is 17.8 Å². The van der Waals surface area contributed by atoms with E-state index in [2.05, 4.69) is 28.7 Å². The van der Waals surface area contributed by atoms with E-state index in [1.165, 1.54) is 6.21 Å². The Balaban J connectivity index is 2.23. The van der Waals surface area contributed by atoms with Crippen LogP contribution in [0.1, 0.15) is 25.8 Å². The second-order valence-corrected chi connectivity index (χ2v) is 6.16. The molecule has 0 atom stereocenters. The zero-order valence-electron chi connectivity index (χ0n) is 14.9. The molecule has 0 fully saturated rings. The molecule has 0 aliphatic rings. The molecule has 0 radical (unpaired) electrons. The predicted molar refractivity (Wildman–Crippen MR) is 104 cm³/mol. The molecule has 0 amide bonds. The molecule has 1 aromatic heterocycles. The van der Waals surface area contributed by atoms with Crippen LogP contribution in [0.4, 0.5) is 0 Å². The minimum absolute atomic E-state index is 0.0533. The maximum absolute atomic E-state index is 12.1. The number of aromatic hydroxyl groups is 1. The number of benzene rings is 1. The highest BCUT2D eigenvalue weighted by molar-refractivity contribution is 6.30. The lowest BCUT2D eigenvalue weighted by atomic mass is 10.3. The van der Waals surface area contributed by atoms with Crippen LogP contribution in [0.3, 0.4) is 0 Å². The number of rotatable bonds is 8. The van der Waals surface area contributed by atoms with Gasteiger partial charge in [-0.15, -0.1) is 0 Å². The Bertz CT molecular complexity index is 867. The summed E-state index contributed by atoms with van der Waals surface area (Å²) in [6, 6.07) is 6.34. The third kappa shape index (κ3) is 4.83. The van der Waals surface area contributed by atoms with Gasteiger partial charge in [0.15, 0.2) is 0 Å². The van der Waals surface area contributed by atoms with Crippen molar-refractivity contribution in [3.8, 4) is 11.6 Å². The fraction of sp³-hybridized carbons (Fsp3) is 0.389. The highest BCUT2D eigenvalue weighted by atomic mass is 35.5. The molecule has 2 rings (SSSR count). The van der Waals surface area contributed by atoms with E-state index in [9.17, 15) is 14.7 Å². The van der Waals surface area contributed by atoms with Crippen molar-refractivity contribution in [1.29, 1.82) is 0 Å². The van der Waals surface area contributed by atoms with E-state index >= 15 is 0 Å². The van der Waals surface area contributed by atoms with Gasteiger partial charge in [-0.2, -0.15) is 0 Å². The van der Waals surface area contributed by atoms with Crippen molar-refractivity contribution in [1.82, 2.24) is 14.5 Å². The molecule has 2 N–H and O–H groups in total. The van der Waals surface area contributed by atoms with Gasteiger partial charge in [-0.3, -0.25) is 14.8 Å². The lowest BCUT2D eigenvalue weighted by molar-refractivity contribution is 0.302. The molecule has 0 saturated heterocycles. The van der Waals surface area contributed by atoms with E-state index in [1.807, 2.05) is 0 Å². The number of aromatic amines is 1. The predicted octanol–water partition coefficient (Wildman–Crippen LogP) is 2.04. The van der Waals surface area contributed by atoms with Crippen LogP contribution in [0.2, 0.25) is 5.02 Å². The number of hydrogen-bond acceptors (Lipinski definition) is 5. The maximum atomic E-state index is 12.1. The number of H-pyrrole nitrogens is 1. The average molecular weight is 379 g/mol. The molecule has 0 aliphatic carbocycles. The molecule has 2 aromatic rings. The van der Waals surface area contributed by atoms with Gasteiger partial charge in [-0.1, -0.05) is 25.4 Å². The summed E-state index contributed by atoms with van der Waals surface area (Å²) >= 11 is 5.84. The summed E-state index contributed by atoms with van der Waals surface area (Å²) in [5.74, 6) is -0.450. The lowest BCUT2D eigenvalue weighted by Gasteiger charge is -2.16.